The van der Waals surface area contributed by atoms with Gasteiger partial charge in [0.25, 0.3) is 5.91 Å². The molecule has 0 saturated carbocycles. The molecular formula is C12H11ClN4O2S. The predicted octanol–water partition coefficient (Wildman–Crippen LogP) is 2.45. The van der Waals surface area contributed by atoms with E-state index < -0.39 is 0 Å². The average Bonchev–Trinajstić information content (AvgIpc) is 2.84. The summed E-state index contributed by atoms with van der Waals surface area (Å²) in [5.41, 5.74) is 8.54. The van der Waals surface area contributed by atoms with Gasteiger partial charge in [-0.3, -0.25) is 4.79 Å². The number of aromatic nitrogens is 1. The highest BCUT2D eigenvalue weighted by molar-refractivity contribution is 7.12. The fourth-order valence-electron chi connectivity index (χ4n) is 1.60. The van der Waals surface area contributed by atoms with Gasteiger partial charge < -0.3 is 16.3 Å². The SMILES string of the molecule is Cc1ncsc1C(=O)Nc1cc(Cl)ccc1C(N)=NO. The Morgan fingerprint density at radius 3 is 2.90 bits per heavy atom. The Kier molecular flexibility index (Phi) is 4.21. The Balaban J connectivity index is 2.36. The van der Waals surface area contributed by atoms with E-state index in [9.17, 15) is 4.79 Å². The number of carbonyl (C=O) groups is 1. The molecule has 0 spiro atoms. The molecule has 0 bridgehead atoms. The molecule has 1 amide bonds. The molecule has 0 aliphatic carbocycles. The lowest BCUT2D eigenvalue weighted by molar-refractivity contribution is 0.103. The molecule has 0 aliphatic heterocycles. The number of nitrogens with zero attached hydrogens (tertiary/aromatic N) is 2. The van der Waals surface area contributed by atoms with E-state index in [-0.39, 0.29) is 11.7 Å². The molecule has 20 heavy (non-hydrogen) atoms. The van der Waals surface area contributed by atoms with Gasteiger partial charge in [-0.2, -0.15) is 0 Å². The minimum absolute atomic E-state index is 0.113. The average molecular weight is 311 g/mol. The van der Waals surface area contributed by atoms with Crippen LogP contribution in [-0.2, 0) is 0 Å². The van der Waals surface area contributed by atoms with Gasteiger partial charge in [-0.05, 0) is 25.1 Å². The summed E-state index contributed by atoms with van der Waals surface area (Å²) in [6.07, 6.45) is 0. The van der Waals surface area contributed by atoms with Crippen LogP contribution in [0.25, 0.3) is 0 Å². The molecule has 0 fully saturated rings. The molecule has 0 atom stereocenters. The first-order valence-corrected chi connectivity index (χ1v) is 6.77. The lowest BCUT2D eigenvalue weighted by Gasteiger charge is -2.10. The molecule has 1 aromatic heterocycles. The van der Waals surface area contributed by atoms with E-state index in [4.69, 9.17) is 22.5 Å². The third-order valence-electron chi connectivity index (χ3n) is 2.57. The van der Waals surface area contributed by atoms with Gasteiger partial charge >= 0.3 is 0 Å². The van der Waals surface area contributed by atoms with E-state index in [2.05, 4.69) is 15.5 Å². The maximum Gasteiger partial charge on any atom is 0.267 e. The zero-order valence-corrected chi connectivity index (χ0v) is 12.0. The van der Waals surface area contributed by atoms with Crippen LogP contribution in [0.15, 0.2) is 28.9 Å². The summed E-state index contributed by atoms with van der Waals surface area (Å²) >= 11 is 7.13. The molecule has 1 aromatic carbocycles. The highest BCUT2D eigenvalue weighted by Gasteiger charge is 2.15. The Hall–Kier alpha value is -2.12. The second-order valence-electron chi connectivity index (χ2n) is 3.90. The summed E-state index contributed by atoms with van der Waals surface area (Å²) in [5.74, 6) is -0.433. The zero-order valence-electron chi connectivity index (χ0n) is 10.4. The topological polar surface area (TPSA) is 101 Å². The molecule has 6 nitrogen and oxygen atoms in total. The molecule has 1 heterocycles. The fraction of sp³-hybridized carbons (Fsp3) is 0.0833. The number of hydrogen-bond donors (Lipinski definition) is 3. The molecule has 0 unspecified atom stereocenters. The number of nitrogens with one attached hydrogen (secondary N) is 1. The van der Waals surface area contributed by atoms with E-state index in [1.165, 1.54) is 17.4 Å². The second-order valence-corrected chi connectivity index (χ2v) is 5.19. The van der Waals surface area contributed by atoms with Gasteiger partial charge in [-0.25, -0.2) is 4.98 Å². The standard InChI is InChI=1S/C12H11ClN4O2S/c1-6-10(20-5-15-6)12(18)16-9-4-7(13)2-3-8(9)11(14)17-19/h2-5,19H,1H3,(H2,14,17)(H,16,18). The number of rotatable bonds is 3. The Bertz CT molecular complexity index is 684. The number of oxime groups is 1. The van der Waals surface area contributed by atoms with E-state index in [0.29, 0.717) is 26.8 Å². The van der Waals surface area contributed by atoms with Crippen LogP contribution in [0, 0.1) is 6.92 Å². The Morgan fingerprint density at radius 2 is 2.30 bits per heavy atom. The van der Waals surface area contributed by atoms with Crippen LogP contribution >= 0.6 is 22.9 Å². The van der Waals surface area contributed by atoms with Crippen molar-refractivity contribution in [3.8, 4) is 0 Å². The van der Waals surface area contributed by atoms with E-state index >= 15 is 0 Å². The highest BCUT2D eigenvalue weighted by Crippen LogP contribution is 2.23. The number of nitrogens with two attached hydrogens (primary N) is 1. The number of carbonyl (C=O) groups excluding carboxylic acids is 1. The molecule has 8 heteroatoms. The van der Waals surface area contributed by atoms with Crippen LogP contribution in [-0.4, -0.2) is 21.9 Å². The normalized spacial score (nSPS) is 11.4. The molecule has 4 N–H and O–H groups in total. The maximum absolute atomic E-state index is 12.1. The van der Waals surface area contributed by atoms with Gasteiger partial charge in [0, 0.05) is 10.6 Å². The molecule has 0 saturated heterocycles. The van der Waals surface area contributed by atoms with Gasteiger partial charge in [0.05, 0.1) is 16.9 Å². The predicted molar refractivity (Wildman–Crippen MR) is 78.8 cm³/mol. The number of hydrogen-bond acceptors (Lipinski definition) is 5. The molecule has 2 aromatic rings. The highest BCUT2D eigenvalue weighted by atomic mass is 35.5. The number of thiazole rings is 1. The lowest BCUT2D eigenvalue weighted by atomic mass is 10.1. The van der Waals surface area contributed by atoms with Crippen molar-refractivity contribution in [2.75, 3.05) is 5.32 Å². The monoisotopic (exact) mass is 310 g/mol. The van der Waals surface area contributed by atoms with Crippen molar-refractivity contribution in [1.29, 1.82) is 0 Å². The first-order valence-electron chi connectivity index (χ1n) is 5.52. The zero-order chi connectivity index (χ0) is 14.7. The van der Waals surface area contributed by atoms with Crippen molar-refractivity contribution < 1.29 is 10.0 Å². The largest absolute Gasteiger partial charge is 0.409 e. The van der Waals surface area contributed by atoms with Crippen molar-refractivity contribution in [3.05, 3.63) is 44.9 Å². The first-order chi connectivity index (χ1) is 9.52. The van der Waals surface area contributed by atoms with Gasteiger partial charge in [0.15, 0.2) is 5.84 Å². The van der Waals surface area contributed by atoms with E-state index in [1.54, 1.807) is 24.6 Å². The summed E-state index contributed by atoms with van der Waals surface area (Å²) in [6, 6.07) is 4.68. The van der Waals surface area contributed by atoms with Crippen molar-refractivity contribution in [3.63, 3.8) is 0 Å². The van der Waals surface area contributed by atoms with Crippen LogP contribution in [0.3, 0.4) is 0 Å². The van der Waals surface area contributed by atoms with E-state index in [0.717, 1.165) is 0 Å². The van der Waals surface area contributed by atoms with Crippen molar-refractivity contribution in [2.24, 2.45) is 10.9 Å². The van der Waals surface area contributed by atoms with Gasteiger partial charge in [0.1, 0.15) is 4.88 Å². The molecule has 104 valence electrons. The number of halogens is 1. The van der Waals surface area contributed by atoms with Gasteiger partial charge in [-0.1, -0.05) is 16.8 Å². The number of anilines is 1. The number of benzene rings is 1. The van der Waals surface area contributed by atoms with Gasteiger partial charge in [0.2, 0.25) is 0 Å². The Morgan fingerprint density at radius 1 is 1.55 bits per heavy atom. The van der Waals surface area contributed by atoms with Crippen molar-refractivity contribution in [2.45, 2.75) is 6.92 Å². The summed E-state index contributed by atoms with van der Waals surface area (Å²) in [6.45, 7) is 1.74. The Labute approximate surface area is 123 Å². The smallest absolute Gasteiger partial charge is 0.267 e. The number of aryl methyl sites for hydroxylation is 1. The first kappa shape index (κ1) is 14.3. The summed E-state index contributed by atoms with van der Waals surface area (Å²) in [7, 11) is 0. The fourth-order valence-corrected chi connectivity index (χ4v) is 2.47. The van der Waals surface area contributed by atoms with Crippen molar-refractivity contribution in [1.82, 2.24) is 4.98 Å². The second kappa shape index (κ2) is 5.89. The van der Waals surface area contributed by atoms with Crippen LogP contribution in [0.5, 0.6) is 0 Å². The summed E-state index contributed by atoms with van der Waals surface area (Å²) < 4.78 is 0. The van der Waals surface area contributed by atoms with Crippen LogP contribution in [0.2, 0.25) is 5.02 Å². The van der Waals surface area contributed by atoms with E-state index in [1.807, 2.05) is 0 Å². The van der Waals surface area contributed by atoms with Crippen LogP contribution in [0.1, 0.15) is 20.9 Å². The summed E-state index contributed by atoms with van der Waals surface area (Å²) in [4.78, 5) is 16.7. The molecule has 0 radical (unpaired) electrons. The van der Waals surface area contributed by atoms with Crippen LogP contribution < -0.4 is 11.1 Å². The number of amidine groups is 1. The minimum Gasteiger partial charge on any atom is -0.409 e. The maximum atomic E-state index is 12.1. The minimum atomic E-state index is -0.320. The lowest BCUT2D eigenvalue weighted by Crippen LogP contribution is -2.19. The third kappa shape index (κ3) is 2.89. The number of amides is 1. The van der Waals surface area contributed by atoms with Crippen LogP contribution in [0.4, 0.5) is 5.69 Å². The molecule has 0 aliphatic rings. The van der Waals surface area contributed by atoms with Gasteiger partial charge in [-0.15, -0.1) is 11.3 Å². The third-order valence-corrected chi connectivity index (χ3v) is 3.73. The summed E-state index contributed by atoms with van der Waals surface area (Å²) in [5, 5.41) is 14.8. The van der Waals surface area contributed by atoms with Crippen molar-refractivity contribution >= 4 is 40.4 Å². The molecule has 2 rings (SSSR count). The molecular weight excluding hydrogens is 300 g/mol. The quantitative estimate of drug-likeness (QED) is 0.351.